The minimum atomic E-state index is -1.12. The summed E-state index contributed by atoms with van der Waals surface area (Å²) in [4.78, 5) is 16.6. The molecule has 0 radical (unpaired) electrons. The molecule has 2 rings (SSSR count). The molecule has 7 nitrogen and oxygen atoms in total. The molecule has 7 heteroatoms. The minimum absolute atomic E-state index is 0.00504. The van der Waals surface area contributed by atoms with Crippen LogP contribution in [0.15, 0.2) is 17.3 Å². The van der Waals surface area contributed by atoms with Crippen molar-refractivity contribution in [2.24, 2.45) is 22.4 Å². The van der Waals surface area contributed by atoms with E-state index in [1.54, 1.807) is 6.08 Å². The Kier molecular flexibility index (Phi) is 2.88. The molecule has 17 heavy (non-hydrogen) atoms. The second kappa shape index (κ2) is 4.08. The van der Waals surface area contributed by atoms with E-state index in [1.807, 2.05) is 7.05 Å². The molecular weight excluding hydrogens is 222 g/mol. The number of nitrogens with zero attached hydrogens (tertiary/aromatic N) is 3. The van der Waals surface area contributed by atoms with Crippen LogP contribution >= 0.6 is 0 Å². The summed E-state index contributed by atoms with van der Waals surface area (Å²) in [6.07, 6.45) is 3.95. The standard InChI is InChI=1S/C10H17N5O2/c1-14-5-2-7(6-14)10(12)3-4-13-9(11)8(10)15(16)17/h3-4,7-8H,2,5-6,12H2,1H3,(H2,11,13)/t7-,8?,10?/m0/s1. The summed E-state index contributed by atoms with van der Waals surface area (Å²) >= 11 is 0. The molecule has 1 saturated heterocycles. The zero-order valence-corrected chi connectivity index (χ0v) is 9.74. The van der Waals surface area contributed by atoms with E-state index < -0.39 is 16.5 Å². The first-order chi connectivity index (χ1) is 7.95. The summed E-state index contributed by atoms with van der Waals surface area (Å²) in [6, 6.07) is -1.12. The van der Waals surface area contributed by atoms with Gasteiger partial charge in [-0.05, 0) is 26.1 Å². The molecule has 2 aliphatic heterocycles. The van der Waals surface area contributed by atoms with Crippen LogP contribution in [0.1, 0.15) is 6.42 Å². The van der Waals surface area contributed by atoms with E-state index in [1.165, 1.54) is 6.20 Å². The summed E-state index contributed by atoms with van der Waals surface area (Å²) in [5.41, 5.74) is 10.8. The maximum atomic E-state index is 11.1. The van der Waals surface area contributed by atoms with Gasteiger partial charge in [0.2, 0.25) is 0 Å². The van der Waals surface area contributed by atoms with Crippen molar-refractivity contribution in [2.75, 3.05) is 20.1 Å². The summed E-state index contributed by atoms with van der Waals surface area (Å²) in [5, 5.41) is 11.1. The van der Waals surface area contributed by atoms with Crippen molar-refractivity contribution in [3.8, 4) is 0 Å². The van der Waals surface area contributed by atoms with Crippen molar-refractivity contribution in [3.63, 3.8) is 0 Å². The highest BCUT2D eigenvalue weighted by molar-refractivity contribution is 5.88. The summed E-state index contributed by atoms with van der Waals surface area (Å²) in [7, 11) is 1.98. The molecule has 1 fully saturated rings. The fourth-order valence-electron chi connectivity index (χ4n) is 2.66. The molecule has 0 aromatic rings. The highest BCUT2D eigenvalue weighted by atomic mass is 16.6. The first kappa shape index (κ1) is 12.0. The third-order valence-corrected chi connectivity index (χ3v) is 3.65. The Balaban J connectivity index is 2.31. The normalized spacial score (nSPS) is 38.1. The summed E-state index contributed by atoms with van der Waals surface area (Å²) in [6.45, 7) is 1.65. The smallest absolute Gasteiger partial charge is 0.290 e. The zero-order chi connectivity index (χ0) is 12.6. The van der Waals surface area contributed by atoms with Crippen LogP contribution in [0.4, 0.5) is 0 Å². The third kappa shape index (κ3) is 1.91. The Bertz CT molecular complexity index is 394. The molecule has 4 N–H and O–H groups in total. The van der Waals surface area contributed by atoms with Gasteiger partial charge in [-0.25, -0.2) is 4.99 Å². The Hall–Kier alpha value is -1.47. The van der Waals surface area contributed by atoms with Crippen molar-refractivity contribution in [1.29, 1.82) is 0 Å². The lowest BCUT2D eigenvalue weighted by molar-refractivity contribution is -0.513. The lowest BCUT2D eigenvalue weighted by Gasteiger charge is -2.35. The monoisotopic (exact) mass is 239 g/mol. The Morgan fingerprint density at radius 3 is 2.94 bits per heavy atom. The molecule has 2 unspecified atom stereocenters. The van der Waals surface area contributed by atoms with Crippen LogP contribution < -0.4 is 11.5 Å². The van der Waals surface area contributed by atoms with Gasteiger partial charge in [-0.2, -0.15) is 0 Å². The molecule has 3 atom stereocenters. The van der Waals surface area contributed by atoms with Crippen molar-refractivity contribution in [3.05, 3.63) is 22.4 Å². The molecule has 94 valence electrons. The second-order valence-corrected chi connectivity index (χ2v) is 4.81. The van der Waals surface area contributed by atoms with Crippen LogP contribution in [0.2, 0.25) is 0 Å². The van der Waals surface area contributed by atoms with Gasteiger partial charge in [0, 0.05) is 23.6 Å². The van der Waals surface area contributed by atoms with Gasteiger partial charge in [-0.3, -0.25) is 10.1 Å². The molecule has 0 aliphatic carbocycles. The quantitative estimate of drug-likeness (QED) is 0.482. The maximum Gasteiger partial charge on any atom is 0.290 e. The highest BCUT2D eigenvalue weighted by Gasteiger charge is 2.52. The van der Waals surface area contributed by atoms with E-state index in [9.17, 15) is 10.1 Å². The molecular formula is C10H17N5O2. The molecule has 0 saturated carbocycles. The van der Waals surface area contributed by atoms with E-state index in [0.717, 1.165) is 19.5 Å². The molecule has 2 aliphatic rings. The van der Waals surface area contributed by atoms with Crippen LogP contribution in [0, 0.1) is 16.0 Å². The zero-order valence-electron chi connectivity index (χ0n) is 9.74. The Morgan fingerprint density at radius 2 is 2.41 bits per heavy atom. The van der Waals surface area contributed by atoms with E-state index in [4.69, 9.17) is 11.5 Å². The van der Waals surface area contributed by atoms with Gasteiger partial charge in [0.05, 0.1) is 0 Å². The Morgan fingerprint density at radius 1 is 1.71 bits per heavy atom. The van der Waals surface area contributed by atoms with Crippen molar-refractivity contribution < 1.29 is 4.92 Å². The average Bonchev–Trinajstić information content (AvgIpc) is 2.64. The maximum absolute atomic E-state index is 11.1. The van der Waals surface area contributed by atoms with Gasteiger partial charge in [0.15, 0.2) is 5.84 Å². The number of nitrogens with two attached hydrogens (primary N) is 2. The number of rotatable bonds is 2. The SMILES string of the molecule is CN1CC[C@H](C2(N)C=CN=C(N)C2[N+](=O)[O-])C1. The highest BCUT2D eigenvalue weighted by Crippen LogP contribution is 2.32. The largest absolute Gasteiger partial charge is 0.381 e. The van der Waals surface area contributed by atoms with Crippen molar-refractivity contribution in [2.45, 2.75) is 18.0 Å². The second-order valence-electron chi connectivity index (χ2n) is 4.81. The number of nitro groups is 1. The van der Waals surface area contributed by atoms with Crippen LogP contribution in [0.5, 0.6) is 0 Å². The number of amidine groups is 1. The molecule has 0 bridgehead atoms. The lowest BCUT2D eigenvalue weighted by atomic mass is 9.76. The Labute approximate surface area is 99.3 Å². The van der Waals surface area contributed by atoms with Gasteiger partial charge in [-0.1, -0.05) is 0 Å². The topological polar surface area (TPSA) is 111 Å². The van der Waals surface area contributed by atoms with Gasteiger partial charge in [-0.15, -0.1) is 0 Å². The van der Waals surface area contributed by atoms with Crippen molar-refractivity contribution >= 4 is 5.84 Å². The fourth-order valence-corrected chi connectivity index (χ4v) is 2.66. The van der Waals surface area contributed by atoms with Gasteiger partial charge in [0.1, 0.15) is 5.54 Å². The fraction of sp³-hybridized carbons (Fsp3) is 0.700. The van der Waals surface area contributed by atoms with E-state index in [-0.39, 0.29) is 11.8 Å². The summed E-state index contributed by atoms with van der Waals surface area (Å²) < 4.78 is 0. The van der Waals surface area contributed by atoms with Crippen molar-refractivity contribution in [1.82, 2.24) is 4.90 Å². The first-order valence-electron chi connectivity index (χ1n) is 5.57. The van der Waals surface area contributed by atoms with Crippen LogP contribution in [0.3, 0.4) is 0 Å². The average molecular weight is 239 g/mol. The van der Waals surface area contributed by atoms with E-state index in [2.05, 4.69) is 9.89 Å². The number of hydrogen-bond donors (Lipinski definition) is 2. The molecule has 2 heterocycles. The molecule has 0 amide bonds. The first-order valence-corrected chi connectivity index (χ1v) is 5.57. The molecule has 0 spiro atoms. The van der Waals surface area contributed by atoms with Gasteiger partial charge in [0.25, 0.3) is 6.04 Å². The minimum Gasteiger partial charge on any atom is -0.381 e. The number of likely N-dealkylation sites (tertiary alicyclic amines) is 1. The van der Waals surface area contributed by atoms with E-state index >= 15 is 0 Å². The van der Waals surface area contributed by atoms with Crippen LogP contribution in [0.25, 0.3) is 0 Å². The predicted octanol–water partition coefficient (Wildman–Crippen LogP) is -0.835. The molecule has 0 aromatic carbocycles. The third-order valence-electron chi connectivity index (χ3n) is 3.65. The lowest BCUT2D eigenvalue weighted by Crippen LogP contribution is -2.64. The predicted molar refractivity (Wildman–Crippen MR) is 64.1 cm³/mol. The van der Waals surface area contributed by atoms with Gasteiger partial charge >= 0.3 is 0 Å². The van der Waals surface area contributed by atoms with Gasteiger partial charge < -0.3 is 16.4 Å². The number of aliphatic imine (C=N–C) groups is 1. The van der Waals surface area contributed by atoms with E-state index in [0.29, 0.717) is 0 Å². The van der Waals surface area contributed by atoms with Crippen LogP contribution in [-0.2, 0) is 0 Å². The summed E-state index contributed by atoms with van der Waals surface area (Å²) in [5.74, 6) is 0.0303. The molecule has 0 aromatic heterocycles. The van der Waals surface area contributed by atoms with Crippen LogP contribution in [-0.4, -0.2) is 47.4 Å². The number of hydrogen-bond acceptors (Lipinski definition) is 6.